The summed E-state index contributed by atoms with van der Waals surface area (Å²) in [5.74, 6) is 0. The molecule has 0 aromatic carbocycles. The molecule has 0 amide bonds. The highest BCUT2D eigenvalue weighted by molar-refractivity contribution is 9.12. The minimum Gasteiger partial charge on any atom is -0.217 e. The van der Waals surface area contributed by atoms with E-state index in [1.807, 2.05) is 13.0 Å². The lowest BCUT2D eigenvalue weighted by atomic mass is 10.1. The van der Waals surface area contributed by atoms with Crippen molar-refractivity contribution < 1.29 is 0 Å². The number of hydrogen-bond donors (Lipinski definition) is 1. The molecule has 2 nitrogen and oxygen atoms in total. The molecule has 1 aliphatic rings. The molecule has 0 aliphatic carbocycles. The molecule has 0 unspecified atom stereocenters. The fourth-order valence-electron chi connectivity index (χ4n) is 0.721. The number of allylic oxidation sites excluding steroid dienone is 4. The molecule has 0 atom stereocenters. The van der Waals surface area contributed by atoms with Gasteiger partial charge in [-0.2, -0.15) is 5.10 Å². The Balaban J connectivity index is 3.04. The van der Waals surface area contributed by atoms with E-state index in [-0.39, 0.29) is 0 Å². The normalized spacial score (nSPS) is 25.2. The summed E-state index contributed by atoms with van der Waals surface area (Å²) in [6.45, 7) is 5.85. The Hall–Kier alpha value is -0.480. The van der Waals surface area contributed by atoms with Crippen LogP contribution in [0.5, 0.6) is 0 Å². The first-order chi connectivity index (χ1) is 5.59. The van der Waals surface area contributed by atoms with Gasteiger partial charge in [0.2, 0.25) is 0 Å². The predicted octanol–water partition coefficient (Wildman–Crippen LogP) is 2.87. The summed E-state index contributed by atoms with van der Waals surface area (Å²) in [6.07, 6.45) is 5.38. The smallest absolute Gasteiger partial charge is 0.0627 e. The topological polar surface area (TPSA) is 15.6 Å². The Morgan fingerprint density at radius 1 is 1.67 bits per heavy atom. The zero-order chi connectivity index (χ0) is 9.14. The van der Waals surface area contributed by atoms with Gasteiger partial charge >= 0.3 is 0 Å². The minimum atomic E-state index is 0.888. The van der Waals surface area contributed by atoms with Crippen LogP contribution in [-0.2, 0) is 0 Å². The fraction of sp³-hybridized carbons (Fsp3) is 0.125. The first-order valence-corrected chi connectivity index (χ1v) is 4.56. The molecular weight excluding hydrogens is 236 g/mol. The Morgan fingerprint density at radius 3 is 3.00 bits per heavy atom. The van der Waals surface area contributed by atoms with E-state index >= 15 is 0 Å². The fourth-order valence-corrected chi connectivity index (χ4v) is 1.31. The highest BCUT2D eigenvalue weighted by atomic mass is 79.9. The largest absolute Gasteiger partial charge is 0.217 e. The van der Waals surface area contributed by atoms with Gasteiger partial charge in [-0.05, 0) is 52.9 Å². The summed E-state index contributed by atoms with van der Waals surface area (Å²) in [7, 11) is 0. The van der Waals surface area contributed by atoms with Crippen LogP contribution < -0.4 is 0 Å². The van der Waals surface area contributed by atoms with Crippen LogP contribution in [0.1, 0.15) is 6.92 Å². The molecule has 64 valence electrons. The summed E-state index contributed by atoms with van der Waals surface area (Å²) in [6, 6.07) is 0. The zero-order valence-corrected chi connectivity index (χ0v) is 9.14. The van der Waals surface area contributed by atoms with Gasteiger partial charge in [-0.15, -0.1) is 0 Å². The maximum absolute atomic E-state index is 4.09. The van der Waals surface area contributed by atoms with Crippen LogP contribution in [0.2, 0.25) is 0 Å². The lowest BCUT2D eigenvalue weighted by Crippen LogP contribution is -1.99. The van der Waals surface area contributed by atoms with Crippen molar-refractivity contribution in [3.8, 4) is 0 Å². The molecule has 0 saturated carbocycles. The van der Waals surface area contributed by atoms with Crippen molar-refractivity contribution in [2.75, 3.05) is 0 Å². The molecular formula is C8H9BrN2S. The second-order valence-corrected chi connectivity index (χ2v) is 3.76. The van der Waals surface area contributed by atoms with Gasteiger partial charge in [-0.25, -0.2) is 4.41 Å². The van der Waals surface area contributed by atoms with Gasteiger partial charge in [0.1, 0.15) is 0 Å². The maximum atomic E-state index is 4.09. The van der Waals surface area contributed by atoms with E-state index in [9.17, 15) is 0 Å². The maximum Gasteiger partial charge on any atom is 0.0627 e. The second-order valence-electron chi connectivity index (χ2n) is 2.43. The van der Waals surface area contributed by atoms with Crippen molar-refractivity contribution in [3.63, 3.8) is 0 Å². The molecule has 4 heteroatoms. The lowest BCUT2D eigenvalue weighted by molar-refractivity contribution is 0.684. The van der Waals surface area contributed by atoms with Crippen molar-refractivity contribution in [2.24, 2.45) is 5.10 Å². The summed E-state index contributed by atoms with van der Waals surface area (Å²) in [5, 5.41) is 3.99. The SMILES string of the molecule is C=C1/C=C(Br)\C=N/N(S)C=C1C. The van der Waals surface area contributed by atoms with Crippen LogP contribution in [0.3, 0.4) is 0 Å². The van der Waals surface area contributed by atoms with Crippen LogP contribution >= 0.6 is 28.7 Å². The number of rotatable bonds is 0. The summed E-state index contributed by atoms with van der Waals surface area (Å²) in [4.78, 5) is 0. The first-order valence-electron chi connectivity index (χ1n) is 3.36. The molecule has 0 radical (unpaired) electrons. The van der Waals surface area contributed by atoms with Gasteiger partial charge in [0, 0.05) is 10.7 Å². The molecule has 0 fully saturated rings. The van der Waals surface area contributed by atoms with Crippen molar-refractivity contribution in [1.29, 1.82) is 0 Å². The van der Waals surface area contributed by atoms with Crippen LogP contribution in [0, 0.1) is 0 Å². The van der Waals surface area contributed by atoms with E-state index < -0.39 is 0 Å². The Kier molecular flexibility index (Phi) is 3.17. The Bertz CT molecular complexity index is 291. The average molecular weight is 245 g/mol. The molecule has 1 heterocycles. The van der Waals surface area contributed by atoms with Gasteiger partial charge in [0.15, 0.2) is 0 Å². The third-order valence-electron chi connectivity index (χ3n) is 1.43. The quantitative estimate of drug-likeness (QED) is 0.649. The van der Waals surface area contributed by atoms with Crippen molar-refractivity contribution in [1.82, 2.24) is 4.41 Å². The highest BCUT2D eigenvalue weighted by Gasteiger charge is 2.00. The number of halogens is 1. The minimum absolute atomic E-state index is 0.888. The van der Waals surface area contributed by atoms with E-state index in [2.05, 4.69) is 40.4 Å². The highest BCUT2D eigenvalue weighted by Crippen LogP contribution is 2.17. The zero-order valence-electron chi connectivity index (χ0n) is 6.66. The van der Waals surface area contributed by atoms with Crippen LogP contribution in [0.25, 0.3) is 0 Å². The van der Waals surface area contributed by atoms with Crippen molar-refractivity contribution >= 4 is 35.0 Å². The third kappa shape index (κ3) is 2.53. The van der Waals surface area contributed by atoms with Crippen LogP contribution in [0.4, 0.5) is 0 Å². The number of thiol groups is 1. The number of hydrazone groups is 1. The predicted molar refractivity (Wildman–Crippen MR) is 59.2 cm³/mol. The van der Waals surface area contributed by atoms with E-state index in [4.69, 9.17) is 0 Å². The first kappa shape index (κ1) is 9.61. The Labute approximate surface area is 86.0 Å². The van der Waals surface area contributed by atoms with Gasteiger partial charge in [0.05, 0.1) is 6.21 Å². The third-order valence-corrected chi connectivity index (χ3v) is 2.08. The van der Waals surface area contributed by atoms with Crippen molar-refractivity contribution in [3.05, 3.63) is 34.5 Å². The standard InChI is InChI=1S/C8H9BrN2S/c1-6-3-8(9)4-10-11(12)5-7(6)2/h3-5,12H,1H2,2H3/b7-5?,8-3+,10-4-. The molecule has 1 aliphatic heterocycles. The molecule has 12 heavy (non-hydrogen) atoms. The molecule has 0 N–H and O–H groups in total. The summed E-state index contributed by atoms with van der Waals surface area (Å²) >= 11 is 7.42. The molecule has 0 spiro atoms. The van der Waals surface area contributed by atoms with E-state index in [1.54, 1.807) is 12.4 Å². The summed E-state index contributed by atoms with van der Waals surface area (Å²) in [5.41, 5.74) is 1.99. The van der Waals surface area contributed by atoms with Gasteiger partial charge in [-0.1, -0.05) is 6.58 Å². The van der Waals surface area contributed by atoms with Gasteiger partial charge in [-0.3, -0.25) is 0 Å². The van der Waals surface area contributed by atoms with E-state index in [0.29, 0.717) is 0 Å². The monoisotopic (exact) mass is 244 g/mol. The van der Waals surface area contributed by atoms with Crippen LogP contribution in [-0.4, -0.2) is 10.6 Å². The second kappa shape index (κ2) is 3.96. The van der Waals surface area contributed by atoms with Gasteiger partial charge < -0.3 is 0 Å². The molecule has 0 bridgehead atoms. The summed E-state index contributed by atoms with van der Waals surface area (Å²) < 4.78 is 2.34. The number of nitrogens with zero attached hydrogens (tertiary/aromatic N) is 2. The molecule has 1 rings (SSSR count). The number of hydrogen-bond acceptors (Lipinski definition) is 3. The van der Waals surface area contributed by atoms with Crippen LogP contribution in [0.15, 0.2) is 39.6 Å². The van der Waals surface area contributed by atoms with E-state index in [0.717, 1.165) is 15.6 Å². The molecule has 0 saturated heterocycles. The Morgan fingerprint density at radius 2 is 2.33 bits per heavy atom. The average Bonchev–Trinajstić information content (AvgIpc) is 1.99. The molecule has 0 aromatic heterocycles. The van der Waals surface area contributed by atoms with Crippen molar-refractivity contribution in [2.45, 2.75) is 6.92 Å². The lowest BCUT2D eigenvalue weighted by Gasteiger charge is -2.10. The van der Waals surface area contributed by atoms with Gasteiger partial charge in [0.25, 0.3) is 0 Å². The molecule has 0 aromatic rings. The van der Waals surface area contributed by atoms with E-state index in [1.165, 1.54) is 4.41 Å².